The molecule has 8 heteroatoms. The van der Waals surface area contributed by atoms with E-state index < -0.39 is 5.91 Å². The van der Waals surface area contributed by atoms with Crippen LogP contribution in [0.5, 0.6) is 11.5 Å². The zero-order valence-corrected chi connectivity index (χ0v) is 17.4. The van der Waals surface area contributed by atoms with E-state index in [4.69, 9.17) is 15.2 Å². The summed E-state index contributed by atoms with van der Waals surface area (Å²) in [4.78, 5) is 25.3. The Morgan fingerprint density at radius 1 is 1.18 bits per heavy atom. The Hall–Kier alpha value is -2.19. The highest BCUT2D eigenvalue weighted by Gasteiger charge is 2.24. The van der Waals surface area contributed by atoms with Crippen LogP contribution < -0.4 is 20.5 Å². The predicted molar refractivity (Wildman–Crippen MR) is 114 cm³/mol. The molecule has 2 amide bonds. The number of nitrogens with two attached hydrogens (primary N) is 1. The minimum atomic E-state index is -0.463. The second-order valence-corrected chi connectivity index (χ2v) is 8.61. The van der Waals surface area contributed by atoms with Gasteiger partial charge in [0.15, 0.2) is 0 Å². The number of fused-ring (bicyclic) bond motifs is 1. The molecule has 0 spiro atoms. The first-order valence-electron chi connectivity index (χ1n) is 9.17. The van der Waals surface area contributed by atoms with Gasteiger partial charge in [-0.2, -0.15) is 0 Å². The maximum atomic E-state index is 12.3. The fourth-order valence-corrected chi connectivity index (χ4v) is 5.05. The molecule has 1 heterocycles. The fourth-order valence-electron chi connectivity index (χ4n) is 3.13. The van der Waals surface area contributed by atoms with Crippen LogP contribution in [0.15, 0.2) is 24.3 Å². The highest BCUT2D eigenvalue weighted by molar-refractivity contribution is 7.99. The maximum Gasteiger partial charge on any atom is 0.251 e. The van der Waals surface area contributed by atoms with E-state index in [9.17, 15) is 9.59 Å². The van der Waals surface area contributed by atoms with Gasteiger partial charge in [-0.05, 0) is 55.5 Å². The monoisotopic (exact) mass is 420 g/mol. The third kappa shape index (κ3) is 5.20. The molecule has 0 bridgehead atoms. The standard InChI is InChI=1S/C20H24N2O4S2/c1-25-13-6-8-14(9-7-13)26-10-11-27-12-17(23)22-20-18(19(21)24)15-4-2-3-5-16(15)28-20/h6-9H,2-5,10-12H2,1H3,(H2,21,24)(H,22,23). The lowest BCUT2D eigenvalue weighted by atomic mass is 9.95. The number of carbonyl (C=O) groups is 2. The molecule has 2 aromatic rings. The van der Waals surface area contributed by atoms with Crippen LogP contribution in [0.1, 0.15) is 33.6 Å². The summed E-state index contributed by atoms with van der Waals surface area (Å²) in [5.41, 5.74) is 7.09. The van der Waals surface area contributed by atoms with Gasteiger partial charge >= 0.3 is 0 Å². The lowest BCUT2D eigenvalue weighted by Gasteiger charge is -2.11. The van der Waals surface area contributed by atoms with Gasteiger partial charge in [0.05, 0.1) is 25.0 Å². The smallest absolute Gasteiger partial charge is 0.251 e. The van der Waals surface area contributed by atoms with Gasteiger partial charge < -0.3 is 20.5 Å². The molecule has 1 aromatic heterocycles. The highest BCUT2D eigenvalue weighted by atomic mass is 32.2. The van der Waals surface area contributed by atoms with Crippen molar-refractivity contribution in [1.29, 1.82) is 0 Å². The molecule has 1 aliphatic rings. The first-order valence-corrected chi connectivity index (χ1v) is 11.1. The number of anilines is 1. The number of hydrogen-bond donors (Lipinski definition) is 2. The summed E-state index contributed by atoms with van der Waals surface area (Å²) in [6.07, 6.45) is 3.98. The SMILES string of the molecule is COc1ccc(OCCSCC(=O)Nc2sc3c(c2C(N)=O)CCCC3)cc1. The highest BCUT2D eigenvalue weighted by Crippen LogP contribution is 2.37. The second kappa shape index (κ2) is 9.84. The molecule has 3 rings (SSSR count). The van der Waals surface area contributed by atoms with Crippen LogP contribution in [0.3, 0.4) is 0 Å². The lowest BCUT2D eigenvalue weighted by Crippen LogP contribution is -2.19. The van der Waals surface area contributed by atoms with Crippen molar-refractivity contribution in [2.24, 2.45) is 5.73 Å². The molecule has 150 valence electrons. The zero-order valence-electron chi connectivity index (χ0n) is 15.8. The molecular formula is C20H24N2O4S2. The number of rotatable bonds is 9. The topological polar surface area (TPSA) is 90.7 Å². The van der Waals surface area contributed by atoms with E-state index in [2.05, 4.69) is 5.32 Å². The average molecular weight is 421 g/mol. The van der Waals surface area contributed by atoms with Crippen LogP contribution >= 0.6 is 23.1 Å². The van der Waals surface area contributed by atoms with Gasteiger partial charge in [-0.1, -0.05) is 0 Å². The first-order chi connectivity index (χ1) is 13.6. The molecule has 0 saturated carbocycles. The Morgan fingerprint density at radius 2 is 1.89 bits per heavy atom. The van der Waals surface area contributed by atoms with Crippen molar-refractivity contribution in [3.63, 3.8) is 0 Å². The third-order valence-electron chi connectivity index (χ3n) is 4.46. The van der Waals surface area contributed by atoms with Crippen LogP contribution in [-0.2, 0) is 17.6 Å². The molecule has 0 atom stereocenters. The molecule has 0 saturated heterocycles. The Morgan fingerprint density at radius 3 is 2.61 bits per heavy atom. The molecule has 0 aliphatic heterocycles. The summed E-state index contributed by atoms with van der Waals surface area (Å²) in [6.45, 7) is 0.504. The van der Waals surface area contributed by atoms with Crippen molar-refractivity contribution in [3.05, 3.63) is 40.3 Å². The molecule has 6 nitrogen and oxygen atoms in total. The van der Waals surface area contributed by atoms with Gasteiger partial charge in [-0.25, -0.2) is 0 Å². The Balaban J connectivity index is 1.44. The number of methoxy groups -OCH3 is 1. The summed E-state index contributed by atoms with van der Waals surface area (Å²) >= 11 is 2.97. The number of hydrogen-bond acceptors (Lipinski definition) is 6. The van der Waals surface area contributed by atoms with E-state index in [1.54, 1.807) is 7.11 Å². The van der Waals surface area contributed by atoms with E-state index in [-0.39, 0.29) is 5.91 Å². The normalized spacial score (nSPS) is 12.9. The largest absolute Gasteiger partial charge is 0.497 e. The molecule has 0 fully saturated rings. The van der Waals surface area contributed by atoms with Crippen molar-refractivity contribution in [3.8, 4) is 11.5 Å². The van der Waals surface area contributed by atoms with Gasteiger partial charge in [-0.3, -0.25) is 9.59 Å². The van der Waals surface area contributed by atoms with Crippen LogP contribution in [0.25, 0.3) is 0 Å². The number of nitrogens with one attached hydrogen (secondary N) is 1. The molecule has 28 heavy (non-hydrogen) atoms. The van der Waals surface area contributed by atoms with Crippen molar-refractivity contribution >= 4 is 39.9 Å². The van der Waals surface area contributed by atoms with Gasteiger partial charge in [0.25, 0.3) is 5.91 Å². The number of aryl methyl sites for hydroxylation is 1. The second-order valence-electron chi connectivity index (χ2n) is 6.40. The van der Waals surface area contributed by atoms with E-state index in [1.165, 1.54) is 28.0 Å². The summed E-state index contributed by atoms with van der Waals surface area (Å²) in [6, 6.07) is 7.38. The Kier molecular flexibility index (Phi) is 7.22. The van der Waals surface area contributed by atoms with Crippen LogP contribution in [-0.4, -0.2) is 37.0 Å². The maximum absolute atomic E-state index is 12.3. The van der Waals surface area contributed by atoms with Crippen molar-refractivity contribution < 1.29 is 19.1 Å². The molecule has 1 aromatic carbocycles. The summed E-state index contributed by atoms with van der Waals surface area (Å²) in [5, 5.41) is 3.47. The first kappa shape index (κ1) is 20.5. The summed E-state index contributed by atoms with van der Waals surface area (Å²) in [7, 11) is 1.62. The minimum absolute atomic E-state index is 0.129. The number of carbonyl (C=O) groups excluding carboxylic acids is 2. The number of ether oxygens (including phenoxy) is 2. The third-order valence-corrected chi connectivity index (χ3v) is 6.59. The number of thiophene rings is 1. The lowest BCUT2D eigenvalue weighted by molar-refractivity contribution is -0.113. The number of primary amides is 1. The van der Waals surface area contributed by atoms with Crippen LogP contribution in [0.4, 0.5) is 5.00 Å². The van der Waals surface area contributed by atoms with Crippen LogP contribution in [0, 0.1) is 0 Å². The van der Waals surface area contributed by atoms with Crippen molar-refractivity contribution in [2.45, 2.75) is 25.7 Å². The Labute approximate surface area is 172 Å². The van der Waals surface area contributed by atoms with E-state index in [0.717, 1.165) is 42.7 Å². The van der Waals surface area contributed by atoms with Gasteiger partial charge in [0.2, 0.25) is 5.91 Å². The minimum Gasteiger partial charge on any atom is -0.497 e. The molecule has 0 radical (unpaired) electrons. The van der Waals surface area contributed by atoms with E-state index >= 15 is 0 Å². The van der Waals surface area contributed by atoms with Gasteiger partial charge in [0, 0.05) is 10.6 Å². The molecule has 3 N–H and O–H groups in total. The molecular weight excluding hydrogens is 396 g/mol. The number of benzene rings is 1. The fraction of sp³-hybridized carbons (Fsp3) is 0.400. The van der Waals surface area contributed by atoms with E-state index in [1.807, 2.05) is 24.3 Å². The van der Waals surface area contributed by atoms with Gasteiger partial charge in [-0.15, -0.1) is 23.1 Å². The van der Waals surface area contributed by atoms with Gasteiger partial charge in [0.1, 0.15) is 16.5 Å². The molecule has 1 aliphatic carbocycles. The van der Waals surface area contributed by atoms with Crippen LogP contribution in [0.2, 0.25) is 0 Å². The quantitative estimate of drug-likeness (QED) is 0.606. The van der Waals surface area contributed by atoms with Crippen molar-refractivity contribution in [2.75, 3.05) is 30.5 Å². The van der Waals surface area contributed by atoms with Crippen molar-refractivity contribution in [1.82, 2.24) is 0 Å². The Bertz CT molecular complexity index is 833. The zero-order chi connectivity index (χ0) is 19.9. The average Bonchev–Trinajstić information content (AvgIpc) is 3.06. The predicted octanol–water partition coefficient (Wildman–Crippen LogP) is 3.49. The molecule has 0 unspecified atom stereocenters. The number of thioether (sulfide) groups is 1. The summed E-state index contributed by atoms with van der Waals surface area (Å²) < 4.78 is 10.7. The summed E-state index contributed by atoms with van der Waals surface area (Å²) in [5.74, 6) is 1.94. The number of amides is 2. The van der Waals surface area contributed by atoms with E-state index in [0.29, 0.717) is 28.7 Å².